The van der Waals surface area contributed by atoms with Gasteiger partial charge in [0, 0.05) is 31.7 Å². The van der Waals surface area contributed by atoms with E-state index in [1.165, 1.54) is 25.6 Å². The number of benzene rings is 1. The van der Waals surface area contributed by atoms with Crippen LogP contribution < -0.4 is 9.47 Å². The van der Waals surface area contributed by atoms with Crippen molar-refractivity contribution in [2.24, 2.45) is 0 Å². The van der Waals surface area contributed by atoms with E-state index in [9.17, 15) is 9.59 Å². The van der Waals surface area contributed by atoms with Gasteiger partial charge in [-0.1, -0.05) is 17.7 Å². The van der Waals surface area contributed by atoms with Crippen molar-refractivity contribution in [2.75, 3.05) is 40.4 Å². The smallest absolute Gasteiger partial charge is 0.264 e. The monoisotopic (exact) mass is 394 g/mol. The van der Waals surface area contributed by atoms with Gasteiger partial charge in [-0.15, -0.1) is 11.3 Å². The van der Waals surface area contributed by atoms with Gasteiger partial charge in [-0.25, -0.2) is 0 Å². The summed E-state index contributed by atoms with van der Waals surface area (Å²) in [6.07, 6.45) is 0. The average molecular weight is 395 g/mol. The van der Waals surface area contributed by atoms with Crippen LogP contribution in [0.5, 0.6) is 11.5 Å². The minimum atomic E-state index is -0.143. The Bertz CT molecular complexity index is 802. The van der Waals surface area contributed by atoms with Gasteiger partial charge in [0.2, 0.25) is 0 Å². The Kier molecular flexibility index (Phi) is 5.68. The highest BCUT2D eigenvalue weighted by Crippen LogP contribution is 2.36. The molecule has 0 radical (unpaired) electrons. The summed E-state index contributed by atoms with van der Waals surface area (Å²) in [6, 6.07) is 6.87. The molecule has 0 atom stereocenters. The second-order valence-electron chi connectivity index (χ2n) is 5.76. The number of halogens is 1. The highest BCUT2D eigenvalue weighted by atomic mass is 35.5. The van der Waals surface area contributed by atoms with Gasteiger partial charge in [0.25, 0.3) is 11.8 Å². The van der Waals surface area contributed by atoms with Crippen molar-refractivity contribution in [3.8, 4) is 11.5 Å². The maximum atomic E-state index is 12.8. The number of carbonyl (C=O) groups excluding carboxylic acids is 2. The van der Waals surface area contributed by atoms with Crippen molar-refractivity contribution in [2.45, 2.75) is 0 Å². The van der Waals surface area contributed by atoms with E-state index >= 15 is 0 Å². The van der Waals surface area contributed by atoms with Crippen molar-refractivity contribution in [1.29, 1.82) is 0 Å². The summed E-state index contributed by atoms with van der Waals surface area (Å²) >= 11 is 7.62. The van der Waals surface area contributed by atoms with E-state index in [-0.39, 0.29) is 11.8 Å². The average Bonchev–Trinajstić information content (AvgIpc) is 3.21. The molecule has 26 heavy (non-hydrogen) atoms. The fourth-order valence-corrected chi connectivity index (χ4v) is 3.87. The molecule has 0 aliphatic carbocycles. The number of nitrogens with zero attached hydrogens (tertiary/aromatic N) is 2. The van der Waals surface area contributed by atoms with E-state index < -0.39 is 0 Å². The zero-order chi connectivity index (χ0) is 18.7. The summed E-state index contributed by atoms with van der Waals surface area (Å²) in [6.45, 7) is 1.96. The largest absolute Gasteiger partial charge is 0.493 e. The first-order valence-corrected chi connectivity index (χ1v) is 9.34. The lowest BCUT2D eigenvalue weighted by Crippen LogP contribution is -2.50. The Morgan fingerprint density at radius 1 is 1.04 bits per heavy atom. The van der Waals surface area contributed by atoms with Gasteiger partial charge in [0.1, 0.15) is 0 Å². The van der Waals surface area contributed by atoms with Gasteiger partial charge in [-0.3, -0.25) is 9.59 Å². The number of carbonyl (C=O) groups is 2. The Hall–Kier alpha value is -2.25. The third-order valence-corrected chi connectivity index (χ3v) is 5.41. The summed E-state index contributed by atoms with van der Waals surface area (Å²) in [7, 11) is 2.99. The molecule has 0 saturated carbocycles. The summed E-state index contributed by atoms with van der Waals surface area (Å²) in [5.41, 5.74) is 0.436. The predicted octanol–water partition coefficient (Wildman–Crippen LogP) is 3.02. The molecule has 0 unspecified atom stereocenters. The standard InChI is InChI=1S/C18H19ClN2O4S/c1-24-14-11-12(10-13(19)16(14)25-2)17(22)20-5-7-21(8-6-20)18(23)15-4-3-9-26-15/h3-4,9-11H,5-8H2,1-2H3. The summed E-state index contributed by atoms with van der Waals surface area (Å²) in [4.78, 5) is 29.4. The molecule has 6 nitrogen and oxygen atoms in total. The number of thiophene rings is 1. The van der Waals surface area contributed by atoms with Crippen LogP contribution in [0.1, 0.15) is 20.0 Å². The fourth-order valence-electron chi connectivity index (χ4n) is 2.89. The molecule has 1 saturated heterocycles. The summed E-state index contributed by atoms with van der Waals surface area (Å²) in [5, 5.41) is 2.20. The quantitative estimate of drug-likeness (QED) is 0.799. The Morgan fingerprint density at radius 2 is 1.69 bits per heavy atom. The zero-order valence-corrected chi connectivity index (χ0v) is 16.1. The molecule has 0 spiro atoms. The molecule has 1 fully saturated rings. The number of amides is 2. The molecular formula is C18H19ClN2O4S. The number of hydrogen-bond acceptors (Lipinski definition) is 5. The van der Waals surface area contributed by atoms with E-state index in [0.29, 0.717) is 48.3 Å². The van der Waals surface area contributed by atoms with Crippen LogP contribution >= 0.6 is 22.9 Å². The molecule has 2 aromatic rings. The third kappa shape index (κ3) is 3.64. The Balaban J connectivity index is 1.69. The molecule has 8 heteroatoms. The first-order chi connectivity index (χ1) is 12.5. The second-order valence-corrected chi connectivity index (χ2v) is 7.11. The molecule has 138 valence electrons. The maximum Gasteiger partial charge on any atom is 0.264 e. The molecule has 2 amide bonds. The molecule has 0 bridgehead atoms. The van der Waals surface area contributed by atoms with Crippen LogP contribution in [-0.2, 0) is 0 Å². The second kappa shape index (κ2) is 7.97. The van der Waals surface area contributed by atoms with Crippen LogP contribution in [0.25, 0.3) is 0 Å². The van der Waals surface area contributed by atoms with E-state index in [4.69, 9.17) is 21.1 Å². The molecule has 2 heterocycles. The first kappa shape index (κ1) is 18.5. The van der Waals surface area contributed by atoms with Gasteiger partial charge in [-0.2, -0.15) is 0 Å². The number of rotatable bonds is 4. The fraction of sp³-hybridized carbons (Fsp3) is 0.333. The van der Waals surface area contributed by atoms with Crippen molar-refractivity contribution in [1.82, 2.24) is 9.80 Å². The van der Waals surface area contributed by atoms with Gasteiger partial charge < -0.3 is 19.3 Å². The SMILES string of the molecule is COc1cc(C(=O)N2CCN(C(=O)c3cccs3)CC2)cc(Cl)c1OC. The normalized spacial score (nSPS) is 14.3. The topological polar surface area (TPSA) is 59.1 Å². The zero-order valence-electron chi connectivity index (χ0n) is 14.5. The van der Waals surface area contributed by atoms with Crippen molar-refractivity contribution in [3.63, 3.8) is 0 Å². The van der Waals surface area contributed by atoms with Gasteiger partial charge in [0.05, 0.1) is 24.1 Å². The molecule has 3 rings (SSSR count). The first-order valence-electron chi connectivity index (χ1n) is 8.08. The van der Waals surface area contributed by atoms with Gasteiger partial charge in [-0.05, 0) is 23.6 Å². The van der Waals surface area contributed by atoms with Gasteiger partial charge in [0.15, 0.2) is 11.5 Å². The summed E-state index contributed by atoms with van der Waals surface area (Å²) < 4.78 is 10.5. The van der Waals surface area contributed by atoms with Crippen LogP contribution in [-0.4, -0.2) is 62.0 Å². The number of ether oxygens (including phenoxy) is 2. The van der Waals surface area contributed by atoms with Crippen LogP contribution in [0.4, 0.5) is 0 Å². The van der Waals surface area contributed by atoms with E-state index in [2.05, 4.69) is 0 Å². The Morgan fingerprint density at radius 3 is 2.23 bits per heavy atom. The van der Waals surface area contributed by atoms with Crippen LogP contribution in [0.3, 0.4) is 0 Å². The lowest BCUT2D eigenvalue weighted by molar-refractivity contribution is 0.0538. The molecular weight excluding hydrogens is 376 g/mol. The van der Waals surface area contributed by atoms with E-state index in [1.807, 2.05) is 17.5 Å². The molecule has 0 N–H and O–H groups in total. The molecule has 1 aromatic heterocycles. The van der Waals surface area contributed by atoms with Crippen molar-refractivity contribution in [3.05, 3.63) is 45.1 Å². The third-order valence-electron chi connectivity index (χ3n) is 4.27. The highest BCUT2D eigenvalue weighted by molar-refractivity contribution is 7.12. The lowest BCUT2D eigenvalue weighted by atomic mass is 10.1. The van der Waals surface area contributed by atoms with Crippen LogP contribution in [0.15, 0.2) is 29.6 Å². The van der Waals surface area contributed by atoms with Crippen molar-refractivity contribution < 1.29 is 19.1 Å². The molecule has 1 aliphatic rings. The number of piperazine rings is 1. The van der Waals surface area contributed by atoms with Crippen molar-refractivity contribution >= 4 is 34.8 Å². The number of methoxy groups -OCH3 is 2. The minimum Gasteiger partial charge on any atom is -0.493 e. The lowest BCUT2D eigenvalue weighted by Gasteiger charge is -2.34. The summed E-state index contributed by atoms with van der Waals surface area (Å²) in [5.74, 6) is 0.685. The van der Waals surface area contributed by atoms with Crippen LogP contribution in [0.2, 0.25) is 5.02 Å². The molecule has 1 aromatic carbocycles. The molecule has 1 aliphatic heterocycles. The minimum absolute atomic E-state index is 0.0151. The number of hydrogen-bond donors (Lipinski definition) is 0. The van der Waals surface area contributed by atoms with E-state index in [0.717, 1.165) is 4.88 Å². The van der Waals surface area contributed by atoms with E-state index in [1.54, 1.807) is 21.9 Å². The van der Waals surface area contributed by atoms with Crippen LogP contribution in [0, 0.1) is 0 Å². The maximum absolute atomic E-state index is 12.8. The Labute approximate surface area is 160 Å². The highest BCUT2D eigenvalue weighted by Gasteiger charge is 2.27. The van der Waals surface area contributed by atoms with Gasteiger partial charge >= 0.3 is 0 Å². The predicted molar refractivity (Wildman–Crippen MR) is 101 cm³/mol.